The van der Waals surface area contributed by atoms with E-state index in [1.807, 2.05) is 0 Å². The van der Waals surface area contributed by atoms with Crippen molar-refractivity contribution in [2.45, 2.75) is 140 Å². The second kappa shape index (κ2) is 54.2. The number of hydrazine groups is 2. The predicted octanol–water partition coefficient (Wildman–Crippen LogP) is -2.65. The third-order valence-electron chi connectivity index (χ3n) is 15.4. The fourth-order valence-electron chi connectivity index (χ4n) is 10.2. The van der Waals surface area contributed by atoms with Gasteiger partial charge < -0.3 is 111 Å². The molecule has 0 spiro atoms. The van der Waals surface area contributed by atoms with Gasteiger partial charge >= 0.3 is 0 Å². The first-order valence-corrected chi connectivity index (χ1v) is 34.3. The first-order chi connectivity index (χ1) is 47.8. The molecular formula is C64H115N15O20. The zero-order valence-electron chi connectivity index (χ0n) is 58.2. The van der Waals surface area contributed by atoms with E-state index in [-0.39, 0.29) is 211 Å². The van der Waals surface area contributed by atoms with Crippen LogP contribution in [0.4, 0.5) is 0 Å². The lowest BCUT2D eigenvalue weighted by molar-refractivity contribution is -0.177. The van der Waals surface area contributed by atoms with E-state index in [4.69, 9.17) is 70.5 Å². The maximum Gasteiger partial charge on any atom is 0.253 e. The SMILES string of the molecule is CN(N)/C=C(\N)COCCOCCOCCNC(=O)CCC(CCC(=O)NCCOCCOCCOC/C(N)=C/N(C)N)(CCC(=O)NCCOCCOCCOCc1cn(C[C@H]2CO[C@H](CO)[C@H](O)[C@@H]2O)nn1)NC(=O)CCCCCCCCCCC(=O)NCCN1C(=O)C=CC1=O. The van der Waals surface area contributed by atoms with Crippen molar-refractivity contribution in [1.29, 1.82) is 0 Å². The fraction of sp³-hybridized carbons (Fsp3) is 0.766. The number of aliphatic hydroxyl groups is 3. The molecule has 3 heterocycles. The van der Waals surface area contributed by atoms with Gasteiger partial charge in [-0.15, -0.1) is 5.10 Å². The molecule has 7 amide bonds. The first-order valence-electron chi connectivity index (χ1n) is 34.3. The molecule has 2 aliphatic rings. The lowest BCUT2D eigenvalue weighted by atomic mass is 9.82. The Morgan fingerprint density at radius 1 is 0.566 bits per heavy atom. The molecule has 566 valence electrons. The number of hydrogen-bond acceptors (Lipinski definition) is 28. The Labute approximate surface area is 581 Å². The molecule has 16 N–H and O–H groups in total. The van der Waals surface area contributed by atoms with Crippen LogP contribution in [0.25, 0.3) is 0 Å². The van der Waals surface area contributed by atoms with Crippen LogP contribution in [-0.4, -0.2) is 283 Å². The van der Waals surface area contributed by atoms with Crippen LogP contribution in [-0.2, 0) is 94.1 Å². The van der Waals surface area contributed by atoms with Gasteiger partial charge in [0, 0.05) is 115 Å². The van der Waals surface area contributed by atoms with E-state index in [1.54, 1.807) is 32.7 Å². The summed E-state index contributed by atoms with van der Waals surface area (Å²) >= 11 is 0. The number of rotatable bonds is 62. The Balaban J connectivity index is 1.51. The van der Waals surface area contributed by atoms with Gasteiger partial charge in [0.25, 0.3) is 11.8 Å². The molecule has 1 aromatic heterocycles. The van der Waals surface area contributed by atoms with Crippen molar-refractivity contribution in [3.63, 3.8) is 0 Å². The van der Waals surface area contributed by atoms with Crippen LogP contribution >= 0.6 is 0 Å². The number of hydrogen-bond donors (Lipinski definition) is 12. The molecule has 35 nitrogen and oxygen atoms in total. The summed E-state index contributed by atoms with van der Waals surface area (Å²) in [5.74, 6) is 8.54. The standard InChI is InChI=1S/C64H115N15O20/c1-76(67)42-51(65)47-96-38-35-93-32-29-90-26-22-70-56(82)15-18-64(19-16-57(83)71-23-27-91-30-33-94-36-39-97-48-52(66)43-77(2)68,73-59(85)12-10-8-6-4-3-5-7-9-11-55(81)69-21-25-79-60(86)13-14-61(79)87)20-17-58(84)72-24-28-92-31-34-95-37-40-98-49-53-44-78(75-74-53)41-50-46-99-54(45-80)63(89)62(50)88/h13-14,42-44,50,54,62-63,80,88-89H,3-12,15-41,45-49,65-68H2,1-2H3,(H,69,81)(H,70,82)(H,71,83)(H,72,84)(H,73,85)/b51-42-,52-43-/t50-,54+,62+,63-/m0/s1. The normalized spacial score (nSPS) is 17.0. The lowest BCUT2D eigenvalue weighted by Crippen LogP contribution is -2.52. The molecule has 4 atom stereocenters. The number of carbonyl (C=O) groups excluding carboxylic acids is 7. The smallest absolute Gasteiger partial charge is 0.253 e. The van der Waals surface area contributed by atoms with Gasteiger partial charge in [-0.3, -0.25) is 43.1 Å². The number of unbranched alkanes of at least 4 members (excludes halogenated alkanes) is 7. The quantitative estimate of drug-likeness (QED) is 0.0137. The highest BCUT2D eigenvalue weighted by atomic mass is 16.6. The molecule has 1 saturated heterocycles. The summed E-state index contributed by atoms with van der Waals surface area (Å²) < 4.78 is 57.3. The highest BCUT2D eigenvalue weighted by molar-refractivity contribution is 6.12. The number of carbonyl (C=O) groups is 7. The molecule has 35 heteroatoms. The summed E-state index contributed by atoms with van der Waals surface area (Å²) in [6.07, 6.45) is 11.5. The van der Waals surface area contributed by atoms with E-state index in [0.29, 0.717) is 76.0 Å². The van der Waals surface area contributed by atoms with Crippen molar-refractivity contribution in [1.82, 2.24) is 56.5 Å². The monoisotopic (exact) mass is 1410 g/mol. The third kappa shape index (κ3) is 43.0. The minimum absolute atomic E-state index is 0.0339. The zero-order chi connectivity index (χ0) is 72.1. The van der Waals surface area contributed by atoms with Crippen LogP contribution in [0.3, 0.4) is 0 Å². The topological polar surface area (TPSA) is 477 Å². The second-order valence-electron chi connectivity index (χ2n) is 24.0. The molecule has 2 aliphatic heterocycles. The van der Waals surface area contributed by atoms with Gasteiger partial charge in [-0.2, -0.15) is 0 Å². The molecule has 0 unspecified atom stereocenters. The average Bonchev–Trinajstić information content (AvgIpc) is 1.22. The fourth-order valence-corrected chi connectivity index (χ4v) is 10.2. The van der Waals surface area contributed by atoms with Crippen molar-refractivity contribution in [2.75, 3.05) is 172 Å². The van der Waals surface area contributed by atoms with Crippen LogP contribution in [0.1, 0.15) is 108 Å². The lowest BCUT2D eigenvalue weighted by Gasteiger charge is -2.36. The molecule has 3 rings (SSSR count). The Kier molecular flexibility index (Phi) is 47.5. The molecule has 0 aliphatic carbocycles. The van der Waals surface area contributed by atoms with Crippen LogP contribution < -0.4 is 49.7 Å². The van der Waals surface area contributed by atoms with Crippen molar-refractivity contribution >= 4 is 41.4 Å². The summed E-state index contributed by atoms with van der Waals surface area (Å²) in [6, 6.07) is 0. The van der Waals surface area contributed by atoms with E-state index in [0.717, 1.165) is 43.4 Å². The summed E-state index contributed by atoms with van der Waals surface area (Å²) in [5, 5.41) is 55.3. The molecule has 0 bridgehead atoms. The Bertz CT molecular complexity index is 2430. The van der Waals surface area contributed by atoms with E-state index < -0.39 is 36.4 Å². The molecule has 1 aromatic rings. The Hall–Kier alpha value is -6.55. The highest BCUT2D eigenvalue weighted by Crippen LogP contribution is 2.27. The zero-order valence-corrected chi connectivity index (χ0v) is 58.2. The maximum absolute atomic E-state index is 14.0. The van der Waals surface area contributed by atoms with Gasteiger partial charge in [-0.1, -0.05) is 43.7 Å². The number of aliphatic hydroxyl groups excluding tert-OH is 3. The Morgan fingerprint density at radius 3 is 1.40 bits per heavy atom. The summed E-state index contributed by atoms with van der Waals surface area (Å²) in [5.41, 5.74) is 12.0. The summed E-state index contributed by atoms with van der Waals surface area (Å²) in [6.45, 7) is 5.53. The largest absolute Gasteiger partial charge is 0.399 e. The van der Waals surface area contributed by atoms with Gasteiger partial charge in [0.2, 0.25) is 29.5 Å². The molecule has 99 heavy (non-hydrogen) atoms. The van der Waals surface area contributed by atoms with Gasteiger partial charge in [-0.25, -0.2) is 11.7 Å². The van der Waals surface area contributed by atoms with Crippen LogP contribution in [0, 0.1) is 5.92 Å². The molecular weight excluding hydrogens is 1300 g/mol. The van der Waals surface area contributed by atoms with Crippen LogP contribution in [0.2, 0.25) is 0 Å². The Morgan fingerprint density at radius 2 is 0.960 bits per heavy atom. The minimum Gasteiger partial charge on any atom is -0.399 e. The molecule has 0 aromatic carbocycles. The second-order valence-corrected chi connectivity index (χ2v) is 24.0. The van der Waals surface area contributed by atoms with E-state index in [1.165, 1.54) is 26.9 Å². The predicted molar refractivity (Wildman–Crippen MR) is 360 cm³/mol. The van der Waals surface area contributed by atoms with Gasteiger partial charge in [0.05, 0.1) is 162 Å². The minimum atomic E-state index is -1.21. The summed E-state index contributed by atoms with van der Waals surface area (Å²) in [7, 11) is 3.30. The number of nitrogens with one attached hydrogen (secondary N) is 5. The summed E-state index contributed by atoms with van der Waals surface area (Å²) in [4.78, 5) is 91.3. The number of nitrogens with two attached hydrogens (primary N) is 4. The number of ether oxygens (including phenoxy) is 10. The van der Waals surface area contributed by atoms with Crippen LogP contribution in [0.15, 0.2) is 42.1 Å². The molecule has 0 saturated carbocycles. The number of imide groups is 1. The van der Waals surface area contributed by atoms with Gasteiger partial charge in [0.1, 0.15) is 17.9 Å². The third-order valence-corrected chi connectivity index (χ3v) is 15.4. The first kappa shape index (κ1) is 86.7. The molecule has 1 fully saturated rings. The van der Waals surface area contributed by atoms with Crippen LogP contribution in [0.5, 0.6) is 0 Å². The van der Waals surface area contributed by atoms with E-state index >= 15 is 0 Å². The average molecular weight is 1410 g/mol. The van der Waals surface area contributed by atoms with Crippen molar-refractivity contribution < 1.29 is 96.2 Å². The van der Waals surface area contributed by atoms with E-state index in [9.17, 15) is 48.9 Å². The maximum atomic E-state index is 14.0. The molecule has 0 radical (unpaired) electrons. The van der Waals surface area contributed by atoms with Gasteiger partial charge in [0.15, 0.2) is 0 Å². The van der Waals surface area contributed by atoms with E-state index in [2.05, 4.69) is 36.9 Å². The highest BCUT2D eigenvalue weighted by Gasteiger charge is 2.38. The van der Waals surface area contributed by atoms with Gasteiger partial charge in [-0.05, 0) is 32.1 Å². The van der Waals surface area contributed by atoms with Crippen molar-refractivity contribution in [2.24, 2.45) is 29.1 Å². The number of nitrogens with zero attached hydrogens (tertiary/aromatic N) is 6. The number of amides is 7. The van der Waals surface area contributed by atoms with Crippen molar-refractivity contribution in [3.8, 4) is 0 Å². The van der Waals surface area contributed by atoms with Crippen molar-refractivity contribution in [3.05, 3.63) is 47.8 Å². The number of aromatic nitrogens is 3.